The van der Waals surface area contributed by atoms with Crippen LogP contribution in [0, 0.1) is 0 Å². The molecule has 37 heavy (non-hydrogen) atoms. The summed E-state index contributed by atoms with van der Waals surface area (Å²) in [6.45, 7) is 4.24. The van der Waals surface area contributed by atoms with Crippen LogP contribution in [0.1, 0.15) is 63.4 Å². The van der Waals surface area contributed by atoms with Crippen LogP contribution in [0.15, 0.2) is 30.3 Å². The van der Waals surface area contributed by atoms with Crippen molar-refractivity contribution in [3.63, 3.8) is 0 Å². The first-order valence-electron chi connectivity index (χ1n) is 12.7. The maximum Gasteiger partial charge on any atom is 0.260 e. The number of nitrogens with zero attached hydrogens (tertiary/aromatic N) is 3. The second kappa shape index (κ2) is 11.5. The number of aromatic nitrogens is 1. The van der Waals surface area contributed by atoms with E-state index < -0.39 is 12.0 Å². The van der Waals surface area contributed by atoms with Gasteiger partial charge < -0.3 is 31.7 Å². The van der Waals surface area contributed by atoms with E-state index in [1.165, 1.54) is 16.2 Å². The van der Waals surface area contributed by atoms with Crippen molar-refractivity contribution in [3.05, 3.63) is 51.9 Å². The number of fused-ring (bicyclic) bond motifs is 1. The number of anilines is 2. The molecule has 2 amide bonds. The number of pyridine rings is 1. The summed E-state index contributed by atoms with van der Waals surface area (Å²) in [6, 6.07) is 9.51. The van der Waals surface area contributed by atoms with Crippen LogP contribution in [0.3, 0.4) is 0 Å². The van der Waals surface area contributed by atoms with Gasteiger partial charge in [-0.1, -0.05) is 25.5 Å². The highest BCUT2D eigenvalue weighted by Crippen LogP contribution is 2.37. The summed E-state index contributed by atoms with van der Waals surface area (Å²) in [5, 5.41) is 15.0. The number of carbonyl (C=O) groups is 2. The number of amides is 2. The normalized spacial score (nSPS) is 15.2. The highest BCUT2D eigenvalue weighted by molar-refractivity contribution is 7.21. The van der Waals surface area contributed by atoms with Crippen LogP contribution in [-0.2, 0) is 6.42 Å². The third kappa shape index (κ3) is 5.87. The van der Waals surface area contributed by atoms with E-state index in [4.69, 9.17) is 16.5 Å². The second-order valence-electron chi connectivity index (χ2n) is 9.79. The molecule has 1 aromatic carbocycles. The van der Waals surface area contributed by atoms with Crippen molar-refractivity contribution in [2.45, 2.75) is 44.8 Å². The highest BCUT2D eigenvalue weighted by atomic mass is 32.1. The molecule has 1 fully saturated rings. The summed E-state index contributed by atoms with van der Waals surface area (Å²) < 4.78 is 0. The van der Waals surface area contributed by atoms with Crippen molar-refractivity contribution in [1.82, 2.24) is 15.2 Å². The Morgan fingerprint density at radius 3 is 2.51 bits per heavy atom. The van der Waals surface area contributed by atoms with Crippen molar-refractivity contribution < 1.29 is 14.7 Å². The van der Waals surface area contributed by atoms with Gasteiger partial charge in [0.2, 0.25) is 0 Å². The Morgan fingerprint density at radius 2 is 1.92 bits per heavy atom. The lowest BCUT2D eigenvalue weighted by Gasteiger charge is -2.34. The van der Waals surface area contributed by atoms with E-state index in [-0.39, 0.29) is 11.9 Å². The number of nitrogens with two attached hydrogens (primary N) is 2. The van der Waals surface area contributed by atoms with E-state index in [1.807, 2.05) is 12.1 Å². The van der Waals surface area contributed by atoms with Gasteiger partial charge in [0.25, 0.3) is 11.8 Å². The molecule has 4 rings (SSSR count). The van der Waals surface area contributed by atoms with Crippen LogP contribution >= 0.6 is 11.3 Å². The van der Waals surface area contributed by atoms with E-state index in [9.17, 15) is 14.7 Å². The summed E-state index contributed by atoms with van der Waals surface area (Å²) in [4.78, 5) is 33.7. The van der Waals surface area contributed by atoms with Gasteiger partial charge in [0, 0.05) is 50.7 Å². The molecule has 6 N–H and O–H groups in total. The Labute approximate surface area is 221 Å². The number of aliphatic hydroxyl groups excluding tert-OH is 1. The van der Waals surface area contributed by atoms with Gasteiger partial charge in [0.15, 0.2) is 0 Å². The number of nitrogens with one attached hydrogen (secondary N) is 1. The molecule has 0 aliphatic carbocycles. The quantitative estimate of drug-likeness (QED) is 0.338. The average Bonchev–Trinajstić information content (AvgIpc) is 3.24. The molecule has 9 nitrogen and oxygen atoms in total. The molecule has 3 aromatic rings. The Morgan fingerprint density at radius 1 is 1.24 bits per heavy atom. The number of primary amides is 1. The molecule has 2 aromatic heterocycles. The van der Waals surface area contributed by atoms with E-state index in [1.54, 1.807) is 26.2 Å². The van der Waals surface area contributed by atoms with Crippen molar-refractivity contribution >= 4 is 44.9 Å². The van der Waals surface area contributed by atoms with Gasteiger partial charge in [-0.15, -0.1) is 11.3 Å². The van der Waals surface area contributed by atoms with Crippen molar-refractivity contribution in [1.29, 1.82) is 0 Å². The number of benzene rings is 1. The third-order valence-electron chi connectivity index (χ3n) is 6.88. The summed E-state index contributed by atoms with van der Waals surface area (Å²) >= 11 is 1.27. The van der Waals surface area contributed by atoms with Crippen molar-refractivity contribution in [2.24, 2.45) is 5.73 Å². The number of hydrogen-bond donors (Lipinski definition) is 4. The van der Waals surface area contributed by atoms with Crippen LogP contribution in [0.4, 0.5) is 11.5 Å². The monoisotopic (exact) mass is 524 g/mol. The van der Waals surface area contributed by atoms with Crippen molar-refractivity contribution in [3.8, 4) is 0 Å². The molecule has 3 heterocycles. The molecule has 1 atom stereocenters. The van der Waals surface area contributed by atoms with E-state index in [0.29, 0.717) is 22.7 Å². The summed E-state index contributed by atoms with van der Waals surface area (Å²) in [5.41, 5.74) is 14.7. The van der Waals surface area contributed by atoms with Crippen LogP contribution in [0.25, 0.3) is 10.2 Å². The van der Waals surface area contributed by atoms with Crippen LogP contribution in [0.5, 0.6) is 0 Å². The molecule has 198 valence electrons. The molecule has 1 saturated heterocycles. The molecule has 1 unspecified atom stereocenters. The molecule has 1 aliphatic heterocycles. The van der Waals surface area contributed by atoms with E-state index >= 15 is 0 Å². The number of thiophene rings is 1. The topological polar surface area (TPSA) is 138 Å². The number of aryl methyl sites for hydroxylation is 1. The van der Waals surface area contributed by atoms with Gasteiger partial charge in [-0.05, 0) is 48.6 Å². The van der Waals surface area contributed by atoms with Crippen LogP contribution in [-0.4, -0.2) is 66.6 Å². The number of carbonyl (C=O) groups excluding carboxylic acids is 2. The number of rotatable bonds is 9. The lowest BCUT2D eigenvalue weighted by Crippen LogP contribution is -2.44. The molecule has 0 spiro atoms. The zero-order valence-electron chi connectivity index (χ0n) is 21.7. The van der Waals surface area contributed by atoms with Gasteiger partial charge >= 0.3 is 0 Å². The Bertz CT molecular complexity index is 1270. The maximum absolute atomic E-state index is 12.1. The number of nitrogen functional groups attached to an aromatic ring is 1. The molecule has 10 heteroatoms. The summed E-state index contributed by atoms with van der Waals surface area (Å²) in [6.07, 6.45) is 3.01. The predicted octanol–water partition coefficient (Wildman–Crippen LogP) is 2.92. The smallest absolute Gasteiger partial charge is 0.260 e. The van der Waals surface area contributed by atoms with E-state index in [0.717, 1.165) is 65.9 Å². The fraction of sp³-hybridized carbons (Fsp3) is 0.444. The predicted molar refractivity (Wildman–Crippen MR) is 149 cm³/mol. The zero-order valence-corrected chi connectivity index (χ0v) is 22.5. The molecule has 0 bridgehead atoms. The minimum atomic E-state index is -0.647. The second-order valence-corrected chi connectivity index (χ2v) is 10.8. The average molecular weight is 525 g/mol. The summed E-state index contributed by atoms with van der Waals surface area (Å²) in [7, 11) is 3.44. The van der Waals surface area contributed by atoms with Gasteiger partial charge in [0.05, 0.1) is 11.8 Å². The molecular formula is C27H36N6O3S. The minimum Gasteiger partial charge on any atom is -0.397 e. The first-order valence-corrected chi connectivity index (χ1v) is 13.5. The van der Waals surface area contributed by atoms with Gasteiger partial charge in [-0.3, -0.25) is 9.59 Å². The van der Waals surface area contributed by atoms with Gasteiger partial charge in [0.1, 0.15) is 15.5 Å². The fourth-order valence-electron chi connectivity index (χ4n) is 4.81. The lowest BCUT2D eigenvalue weighted by molar-refractivity contribution is 0.0827. The molecule has 0 radical (unpaired) electrons. The number of aliphatic hydroxyl groups is 1. The van der Waals surface area contributed by atoms with Crippen LogP contribution in [0.2, 0.25) is 0 Å². The third-order valence-corrected chi connectivity index (χ3v) is 7.99. The Balaban J connectivity index is 1.37. The number of hydrogen-bond acceptors (Lipinski definition) is 8. The lowest BCUT2D eigenvalue weighted by atomic mass is 10.0. The largest absolute Gasteiger partial charge is 0.397 e. The minimum absolute atomic E-state index is 0.0581. The maximum atomic E-state index is 12.1. The zero-order chi connectivity index (χ0) is 26.7. The summed E-state index contributed by atoms with van der Waals surface area (Å²) in [5.74, 6) is 0.327. The number of piperidine rings is 1. The Hall–Kier alpha value is -3.21. The highest BCUT2D eigenvalue weighted by Gasteiger charge is 2.24. The van der Waals surface area contributed by atoms with Gasteiger partial charge in [-0.2, -0.15) is 0 Å². The van der Waals surface area contributed by atoms with Gasteiger partial charge in [-0.25, -0.2) is 4.98 Å². The first-order chi connectivity index (χ1) is 17.7. The first kappa shape index (κ1) is 26.8. The van der Waals surface area contributed by atoms with Crippen molar-refractivity contribution in [2.75, 3.05) is 44.4 Å². The molecule has 1 aliphatic rings. The van der Waals surface area contributed by atoms with Crippen LogP contribution < -0.4 is 21.7 Å². The Kier molecular flexibility index (Phi) is 8.31. The fourth-order valence-corrected chi connectivity index (χ4v) is 5.80. The SMILES string of the molecule is CCCc1cc(N2CCC(NCC(O)c3ccc(C(=O)N(C)C)cc3)CC2)nc2sc(C(N)=O)c(N)c12. The molecule has 0 saturated carbocycles. The standard InChI is InChI=1S/C27H36N6O3S/c1-4-5-18-14-21(31-26-22(18)23(28)24(37-26)25(29)35)33-12-10-19(11-13-33)30-15-20(34)16-6-8-17(9-7-16)27(36)32(2)3/h6-9,14,19-20,30,34H,4-5,10-13,15,28H2,1-3H3,(H2,29,35). The van der Waals surface area contributed by atoms with E-state index in [2.05, 4.69) is 23.2 Å². The molecular weight excluding hydrogens is 488 g/mol.